The third-order valence-corrected chi connectivity index (χ3v) is 4.78. The Bertz CT molecular complexity index is 451. The van der Waals surface area contributed by atoms with Crippen molar-refractivity contribution in [2.45, 2.75) is 24.9 Å². The zero-order chi connectivity index (χ0) is 13.9. The lowest BCUT2D eigenvalue weighted by Crippen LogP contribution is -2.52. The molecule has 1 aromatic carbocycles. The minimum absolute atomic E-state index is 0.272. The number of para-hydroxylation sites is 1. The summed E-state index contributed by atoms with van der Waals surface area (Å²) in [5.74, 6) is 0.955. The van der Waals surface area contributed by atoms with Crippen LogP contribution in [0.15, 0.2) is 24.3 Å². The monoisotopic (exact) mass is 275 g/mol. The predicted octanol–water partition coefficient (Wildman–Crippen LogP) is 1.47. The van der Waals surface area contributed by atoms with E-state index in [0.29, 0.717) is 6.54 Å². The lowest BCUT2D eigenvalue weighted by Gasteiger charge is -2.41. The molecule has 0 bridgehead atoms. The van der Waals surface area contributed by atoms with E-state index in [-0.39, 0.29) is 6.04 Å². The van der Waals surface area contributed by atoms with Crippen LogP contribution in [0.2, 0.25) is 0 Å². The zero-order valence-electron chi connectivity index (χ0n) is 12.3. The average molecular weight is 275 g/mol. The minimum atomic E-state index is 0.272. The van der Waals surface area contributed by atoms with Crippen LogP contribution in [-0.2, 0) is 0 Å². The van der Waals surface area contributed by atoms with Crippen molar-refractivity contribution in [3.8, 4) is 5.75 Å². The smallest absolute Gasteiger partial charge is 0.123 e. The molecule has 20 heavy (non-hydrogen) atoms. The van der Waals surface area contributed by atoms with Crippen LogP contribution in [0.4, 0.5) is 0 Å². The first kappa shape index (κ1) is 13.9. The molecule has 2 N–H and O–H groups in total. The number of hydrogen-bond donors (Lipinski definition) is 1. The molecule has 2 saturated heterocycles. The Kier molecular flexibility index (Phi) is 4.24. The van der Waals surface area contributed by atoms with Gasteiger partial charge in [-0.3, -0.25) is 9.80 Å². The van der Waals surface area contributed by atoms with E-state index in [1.54, 1.807) is 7.11 Å². The second-order valence-corrected chi connectivity index (χ2v) is 5.82. The van der Waals surface area contributed by atoms with Gasteiger partial charge < -0.3 is 10.5 Å². The molecule has 2 heterocycles. The third kappa shape index (κ3) is 2.55. The van der Waals surface area contributed by atoms with E-state index in [0.717, 1.165) is 24.9 Å². The van der Waals surface area contributed by atoms with Gasteiger partial charge >= 0.3 is 0 Å². The van der Waals surface area contributed by atoms with Gasteiger partial charge in [-0.2, -0.15) is 0 Å². The molecular weight excluding hydrogens is 250 g/mol. The molecule has 2 fully saturated rings. The van der Waals surface area contributed by atoms with E-state index in [2.05, 4.69) is 21.9 Å². The summed E-state index contributed by atoms with van der Waals surface area (Å²) >= 11 is 0. The van der Waals surface area contributed by atoms with E-state index < -0.39 is 0 Å². The average Bonchev–Trinajstić information content (AvgIpc) is 2.96. The Morgan fingerprint density at radius 2 is 2.15 bits per heavy atom. The van der Waals surface area contributed by atoms with Gasteiger partial charge in [0.15, 0.2) is 0 Å². The Morgan fingerprint density at radius 3 is 2.95 bits per heavy atom. The summed E-state index contributed by atoms with van der Waals surface area (Å²) < 4.78 is 5.51. The number of benzene rings is 1. The first-order chi connectivity index (χ1) is 9.83. The number of methoxy groups -OCH3 is 1. The van der Waals surface area contributed by atoms with Crippen LogP contribution in [0.3, 0.4) is 0 Å². The second kappa shape index (κ2) is 6.12. The maximum absolute atomic E-state index is 6.09. The largest absolute Gasteiger partial charge is 0.496 e. The Morgan fingerprint density at radius 1 is 1.30 bits per heavy atom. The maximum atomic E-state index is 6.09. The molecule has 4 heteroatoms. The normalized spacial score (nSPS) is 25.4. The van der Waals surface area contributed by atoms with Crippen LogP contribution in [0.25, 0.3) is 0 Å². The molecule has 0 amide bonds. The zero-order valence-corrected chi connectivity index (χ0v) is 12.3. The van der Waals surface area contributed by atoms with Gasteiger partial charge in [-0.1, -0.05) is 18.2 Å². The Labute approximate surface area is 121 Å². The molecule has 1 aromatic rings. The molecule has 2 unspecified atom stereocenters. The molecule has 2 atom stereocenters. The highest BCUT2D eigenvalue weighted by Gasteiger charge is 2.34. The van der Waals surface area contributed by atoms with Crippen molar-refractivity contribution < 1.29 is 4.74 Å². The SMILES string of the molecule is COc1ccccc1C(CN)N1CCN2CCCC2C1. The fourth-order valence-electron chi connectivity index (χ4n) is 3.71. The highest BCUT2D eigenvalue weighted by molar-refractivity contribution is 5.36. The van der Waals surface area contributed by atoms with Crippen molar-refractivity contribution in [1.82, 2.24) is 9.80 Å². The summed E-state index contributed by atoms with van der Waals surface area (Å²) in [6.07, 6.45) is 2.68. The van der Waals surface area contributed by atoms with E-state index in [1.165, 1.54) is 31.5 Å². The van der Waals surface area contributed by atoms with E-state index in [9.17, 15) is 0 Å². The molecule has 2 aliphatic heterocycles. The summed E-state index contributed by atoms with van der Waals surface area (Å²) in [4.78, 5) is 5.18. The lowest BCUT2D eigenvalue weighted by atomic mass is 10.0. The number of nitrogens with two attached hydrogens (primary N) is 1. The van der Waals surface area contributed by atoms with Crippen molar-refractivity contribution in [1.29, 1.82) is 0 Å². The van der Waals surface area contributed by atoms with Crippen LogP contribution in [0.5, 0.6) is 5.75 Å². The minimum Gasteiger partial charge on any atom is -0.496 e. The number of hydrogen-bond acceptors (Lipinski definition) is 4. The van der Waals surface area contributed by atoms with Crippen LogP contribution >= 0.6 is 0 Å². The molecule has 4 nitrogen and oxygen atoms in total. The summed E-state index contributed by atoms with van der Waals surface area (Å²) in [5.41, 5.74) is 7.31. The summed E-state index contributed by atoms with van der Waals surface area (Å²) in [5, 5.41) is 0. The van der Waals surface area contributed by atoms with Gasteiger partial charge in [-0.05, 0) is 25.5 Å². The molecule has 0 radical (unpaired) electrons. The summed E-state index contributed by atoms with van der Waals surface area (Å²) in [7, 11) is 1.74. The van der Waals surface area contributed by atoms with E-state index >= 15 is 0 Å². The Balaban J connectivity index is 1.79. The van der Waals surface area contributed by atoms with Crippen molar-refractivity contribution >= 4 is 0 Å². The van der Waals surface area contributed by atoms with Crippen molar-refractivity contribution in [2.24, 2.45) is 5.73 Å². The molecule has 3 rings (SSSR count). The Hall–Kier alpha value is -1.10. The summed E-state index contributed by atoms with van der Waals surface area (Å²) in [6, 6.07) is 9.28. The fourth-order valence-corrected chi connectivity index (χ4v) is 3.71. The quantitative estimate of drug-likeness (QED) is 0.903. The van der Waals surface area contributed by atoms with Crippen LogP contribution < -0.4 is 10.5 Å². The van der Waals surface area contributed by atoms with Gasteiger partial charge in [0.25, 0.3) is 0 Å². The molecule has 0 spiro atoms. The van der Waals surface area contributed by atoms with Crippen molar-refractivity contribution in [3.05, 3.63) is 29.8 Å². The number of ether oxygens (including phenoxy) is 1. The molecule has 0 aliphatic carbocycles. The topological polar surface area (TPSA) is 41.7 Å². The number of fused-ring (bicyclic) bond motifs is 1. The van der Waals surface area contributed by atoms with E-state index in [1.807, 2.05) is 12.1 Å². The first-order valence-electron chi connectivity index (χ1n) is 7.64. The highest BCUT2D eigenvalue weighted by Crippen LogP contribution is 2.32. The van der Waals surface area contributed by atoms with Gasteiger partial charge in [0.1, 0.15) is 5.75 Å². The van der Waals surface area contributed by atoms with Crippen LogP contribution in [-0.4, -0.2) is 55.7 Å². The molecule has 0 saturated carbocycles. The van der Waals surface area contributed by atoms with Gasteiger partial charge in [0.2, 0.25) is 0 Å². The number of nitrogens with zero attached hydrogens (tertiary/aromatic N) is 2. The predicted molar refractivity (Wildman–Crippen MR) is 81.0 cm³/mol. The third-order valence-electron chi connectivity index (χ3n) is 4.78. The number of piperazine rings is 1. The van der Waals surface area contributed by atoms with Gasteiger partial charge in [-0.15, -0.1) is 0 Å². The first-order valence-corrected chi connectivity index (χ1v) is 7.64. The lowest BCUT2D eigenvalue weighted by molar-refractivity contribution is 0.0728. The van der Waals surface area contributed by atoms with Crippen molar-refractivity contribution in [2.75, 3.05) is 39.8 Å². The van der Waals surface area contributed by atoms with Crippen LogP contribution in [0, 0.1) is 0 Å². The molecule has 0 aromatic heterocycles. The van der Waals surface area contributed by atoms with Crippen LogP contribution in [0.1, 0.15) is 24.4 Å². The standard InChI is InChI=1S/C16H25N3O/c1-20-16-7-3-2-6-14(16)15(11-17)19-10-9-18-8-4-5-13(18)12-19/h2-3,6-7,13,15H,4-5,8-12,17H2,1H3. The number of rotatable bonds is 4. The van der Waals surface area contributed by atoms with E-state index in [4.69, 9.17) is 10.5 Å². The second-order valence-electron chi connectivity index (χ2n) is 5.82. The molecule has 110 valence electrons. The van der Waals surface area contributed by atoms with Crippen molar-refractivity contribution in [3.63, 3.8) is 0 Å². The van der Waals surface area contributed by atoms with Gasteiger partial charge in [0.05, 0.1) is 13.2 Å². The molecule has 2 aliphatic rings. The maximum Gasteiger partial charge on any atom is 0.123 e. The van der Waals surface area contributed by atoms with Gasteiger partial charge in [-0.25, -0.2) is 0 Å². The molecular formula is C16H25N3O. The van der Waals surface area contributed by atoms with Gasteiger partial charge in [0, 0.05) is 37.8 Å². The highest BCUT2D eigenvalue weighted by atomic mass is 16.5. The fraction of sp³-hybridized carbons (Fsp3) is 0.625. The summed E-state index contributed by atoms with van der Waals surface area (Å²) in [6.45, 7) is 5.35.